The Morgan fingerprint density at radius 3 is 1.87 bits per heavy atom. The first-order chi connectivity index (χ1) is 7.31. The summed E-state index contributed by atoms with van der Waals surface area (Å²) in [5, 5.41) is 0. The molecule has 0 spiro atoms. The van der Waals surface area contributed by atoms with E-state index in [0.29, 0.717) is 0 Å². The van der Waals surface area contributed by atoms with Gasteiger partial charge in [0, 0.05) is 12.3 Å². The summed E-state index contributed by atoms with van der Waals surface area (Å²) in [5.74, 6) is 0. The molecule has 0 radical (unpaired) electrons. The summed E-state index contributed by atoms with van der Waals surface area (Å²) < 4.78 is 0. The van der Waals surface area contributed by atoms with Gasteiger partial charge in [-0.1, -0.05) is 58.8 Å². The molecule has 0 fully saturated rings. The van der Waals surface area contributed by atoms with Gasteiger partial charge in [0.05, 0.1) is 0 Å². The molecular weight excluding hydrogens is 182 g/mol. The van der Waals surface area contributed by atoms with Gasteiger partial charge in [0.15, 0.2) is 0 Å². The van der Waals surface area contributed by atoms with Crippen molar-refractivity contribution in [1.82, 2.24) is 0 Å². The van der Waals surface area contributed by atoms with Crippen LogP contribution in [0.1, 0.15) is 78.6 Å². The summed E-state index contributed by atoms with van der Waals surface area (Å²) in [6.45, 7) is 7.63. The molecule has 0 rings (SSSR count). The largest absolute Gasteiger partial charge is 0.294 e. The zero-order chi connectivity index (χ0) is 11.4. The number of hydrogen-bond donors (Lipinski definition) is 0. The van der Waals surface area contributed by atoms with Crippen molar-refractivity contribution in [3.8, 4) is 0 Å². The maximum absolute atomic E-state index is 4.51. The average molecular weight is 211 g/mol. The van der Waals surface area contributed by atoms with Crippen molar-refractivity contribution in [2.45, 2.75) is 78.6 Å². The average Bonchev–Trinajstić information content (AvgIpc) is 2.26. The van der Waals surface area contributed by atoms with Crippen LogP contribution in [0.3, 0.4) is 0 Å². The highest BCUT2D eigenvalue weighted by Gasteiger charge is 1.91. The third kappa shape index (κ3) is 11.6. The molecule has 0 aliphatic heterocycles. The fraction of sp³-hybridized carbons (Fsp3) is 0.929. The van der Waals surface area contributed by atoms with Crippen LogP contribution in [-0.4, -0.2) is 12.3 Å². The topological polar surface area (TPSA) is 12.4 Å². The SMILES string of the molecule is CCCCCCCCCCN=C(C)CC. The van der Waals surface area contributed by atoms with Gasteiger partial charge in [-0.2, -0.15) is 0 Å². The number of rotatable bonds is 10. The first kappa shape index (κ1) is 14.7. The first-order valence-electron chi connectivity index (χ1n) is 6.81. The van der Waals surface area contributed by atoms with Crippen molar-refractivity contribution >= 4 is 5.71 Å². The molecule has 0 unspecified atom stereocenters. The van der Waals surface area contributed by atoms with Gasteiger partial charge in [0.25, 0.3) is 0 Å². The lowest BCUT2D eigenvalue weighted by Crippen LogP contribution is -1.91. The van der Waals surface area contributed by atoms with Crippen LogP contribution >= 0.6 is 0 Å². The maximum Gasteiger partial charge on any atom is 0.0388 e. The molecular formula is C14H29N. The highest BCUT2D eigenvalue weighted by Crippen LogP contribution is 2.08. The Morgan fingerprint density at radius 2 is 1.33 bits per heavy atom. The molecule has 0 aliphatic rings. The van der Waals surface area contributed by atoms with Crippen molar-refractivity contribution in [3.05, 3.63) is 0 Å². The van der Waals surface area contributed by atoms with Crippen LogP contribution in [0.2, 0.25) is 0 Å². The van der Waals surface area contributed by atoms with Crippen molar-refractivity contribution < 1.29 is 0 Å². The minimum Gasteiger partial charge on any atom is -0.294 e. The standard InChI is InChI=1S/C14H29N/c1-4-6-7-8-9-10-11-12-13-15-14(3)5-2/h4-13H2,1-3H3. The highest BCUT2D eigenvalue weighted by molar-refractivity contribution is 5.81. The van der Waals surface area contributed by atoms with Gasteiger partial charge < -0.3 is 0 Å². The van der Waals surface area contributed by atoms with E-state index in [2.05, 4.69) is 25.8 Å². The molecule has 0 saturated heterocycles. The fourth-order valence-electron chi connectivity index (χ4n) is 1.63. The minimum atomic E-state index is 1.05. The van der Waals surface area contributed by atoms with Crippen LogP contribution in [0.5, 0.6) is 0 Å². The van der Waals surface area contributed by atoms with Crippen LogP contribution in [0.4, 0.5) is 0 Å². The second kappa shape index (κ2) is 11.7. The van der Waals surface area contributed by atoms with E-state index in [4.69, 9.17) is 0 Å². The van der Waals surface area contributed by atoms with Crippen molar-refractivity contribution in [2.24, 2.45) is 4.99 Å². The second-order valence-corrected chi connectivity index (χ2v) is 4.45. The van der Waals surface area contributed by atoms with Crippen LogP contribution < -0.4 is 0 Å². The van der Waals surface area contributed by atoms with Crippen molar-refractivity contribution in [2.75, 3.05) is 6.54 Å². The van der Waals surface area contributed by atoms with Gasteiger partial charge in [-0.15, -0.1) is 0 Å². The van der Waals surface area contributed by atoms with Crippen LogP contribution in [0, 0.1) is 0 Å². The van der Waals surface area contributed by atoms with Gasteiger partial charge in [-0.25, -0.2) is 0 Å². The van der Waals surface area contributed by atoms with Gasteiger partial charge in [-0.3, -0.25) is 4.99 Å². The number of aliphatic imine (C=N–C) groups is 1. The van der Waals surface area contributed by atoms with Gasteiger partial charge in [0.1, 0.15) is 0 Å². The molecule has 15 heavy (non-hydrogen) atoms. The lowest BCUT2D eigenvalue weighted by Gasteiger charge is -2.00. The van der Waals surface area contributed by atoms with E-state index in [1.807, 2.05) is 0 Å². The number of unbranched alkanes of at least 4 members (excludes halogenated alkanes) is 7. The summed E-state index contributed by atoms with van der Waals surface area (Å²) in [4.78, 5) is 4.51. The van der Waals surface area contributed by atoms with Crippen molar-refractivity contribution in [3.63, 3.8) is 0 Å². The first-order valence-corrected chi connectivity index (χ1v) is 6.81. The van der Waals surface area contributed by atoms with E-state index in [1.165, 1.54) is 57.1 Å². The van der Waals surface area contributed by atoms with Gasteiger partial charge in [0.2, 0.25) is 0 Å². The summed E-state index contributed by atoms with van der Waals surface area (Å²) in [6, 6.07) is 0. The third-order valence-electron chi connectivity index (χ3n) is 2.91. The van der Waals surface area contributed by atoms with E-state index < -0.39 is 0 Å². The molecule has 0 aromatic rings. The quantitative estimate of drug-likeness (QED) is 0.356. The predicted molar refractivity (Wildman–Crippen MR) is 70.9 cm³/mol. The van der Waals surface area contributed by atoms with Gasteiger partial charge in [-0.05, 0) is 19.8 Å². The van der Waals surface area contributed by atoms with Crippen LogP contribution in [0.15, 0.2) is 4.99 Å². The van der Waals surface area contributed by atoms with E-state index >= 15 is 0 Å². The number of hydrogen-bond acceptors (Lipinski definition) is 1. The molecule has 0 atom stereocenters. The van der Waals surface area contributed by atoms with E-state index in [-0.39, 0.29) is 0 Å². The molecule has 0 aromatic carbocycles. The smallest absolute Gasteiger partial charge is 0.0388 e. The Hall–Kier alpha value is -0.330. The Kier molecular flexibility index (Phi) is 11.5. The Bertz CT molecular complexity index is 149. The maximum atomic E-state index is 4.51. The Morgan fingerprint density at radius 1 is 0.800 bits per heavy atom. The number of nitrogens with zero attached hydrogens (tertiary/aromatic N) is 1. The molecule has 1 heteroatoms. The summed E-state index contributed by atoms with van der Waals surface area (Å²) in [6.07, 6.45) is 12.2. The molecule has 1 nitrogen and oxygen atoms in total. The minimum absolute atomic E-state index is 1.05. The van der Waals surface area contributed by atoms with Crippen molar-refractivity contribution in [1.29, 1.82) is 0 Å². The van der Waals surface area contributed by atoms with E-state index in [0.717, 1.165) is 13.0 Å². The molecule has 0 aromatic heterocycles. The lowest BCUT2D eigenvalue weighted by atomic mass is 10.1. The van der Waals surface area contributed by atoms with Gasteiger partial charge >= 0.3 is 0 Å². The molecule has 0 saturated carbocycles. The van der Waals surface area contributed by atoms with Crippen LogP contribution in [0.25, 0.3) is 0 Å². The highest BCUT2D eigenvalue weighted by atomic mass is 14.7. The predicted octanol–water partition coefficient (Wildman–Crippen LogP) is 5.00. The fourth-order valence-corrected chi connectivity index (χ4v) is 1.63. The summed E-state index contributed by atoms with van der Waals surface area (Å²) in [7, 11) is 0. The third-order valence-corrected chi connectivity index (χ3v) is 2.91. The Labute approximate surface area is 96.4 Å². The summed E-state index contributed by atoms with van der Waals surface area (Å²) >= 11 is 0. The summed E-state index contributed by atoms with van der Waals surface area (Å²) in [5.41, 5.74) is 1.30. The second-order valence-electron chi connectivity index (χ2n) is 4.45. The monoisotopic (exact) mass is 211 g/mol. The molecule has 0 bridgehead atoms. The molecule has 0 amide bonds. The Balaban J connectivity index is 3.05. The lowest BCUT2D eigenvalue weighted by molar-refractivity contribution is 0.578. The van der Waals surface area contributed by atoms with E-state index in [1.54, 1.807) is 0 Å². The van der Waals surface area contributed by atoms with Crippen LogP contribution in [-0.2, 0) is 0 Å². The van der Waals surface area contributed by atoms with E-state index in [9.17, 15) is 0 Å². The molecule has 0 aliphatic carbocycles. The molecule has 90 valence electrons. The zero-order valence-electron chi connectivity index (χ0n) is 11.0. The zero-order valence-corrected chi connectivity index (χ0v) is 11.0. The normalized spacial score (nSPS) is 12.1. The molecule has 0 N–H and O–H groups in total. The molecule has 0 heterocycles.